The normalized spacial score (nSPS) is 11.6. The van der Waals surface area contributed by atoms with Gasteiger partial charge in [0.2, 0.25) is 5.82 Å². The fourth-order valence-electron chi connectivity index (χ4n) is 0.944. The number of rotatable bonds is 3. The van der Waals surface area contributed by atoms with E-state index < -0.39 is 10.0 Å². The van der Waals surface area contributed by atoms with Crippen LogP contribution >= 0.6 is 27.3 Å². The Morgan fingerprint density at radius 1 is 1.44 bits per heavy atom. The highest BCUT2D eigenvalue weighted by Crippen LogP contribution is 2.27. The Kier molecular flexibility index (Phi) is 3.00. The van der Waals surface area contributed by atoms with Gasteiger partial charge in [-0.2, -0.15) is 0 Å². The Morgan fingerprint density at radius 2 is 2.19 bits per heavy atom. The van der Waals surface area contributed by atoms with Crippen LogP contribution in [0.1, 0.15) is 5.69 Å². The summed E-state index contributed by atoms with van der Waals surface area (Å²) in [6.07, 6.45) is 0. The topological polar surface area (TPSA) is 85.1 Å². The summed E-state index contributed by atoms with van der Waals surface area (Å²) in [5, 5.41) is 6.93. The highest BCUT2D eigenvalue weighted by Gasteiger charge is 2.19. The SMILES string of the molecule is Cc1nonc1NS(=O)(=O)c1ccc(Br)s1. The van der Waals surface area contributed by atoms with E-state index in [-0.39, 0.29) is 10.0 Å². The summed E-state index contributed by atoms with van der Waals surface area (Å²) < 4.78 is 31.3. The molecule has 0 aliphatic heterocycles. The number of sulfonamides is 1. The second-order valence-electron chi connectivity index (χ2n) is 2.86. The van der Waals surface area contributed by atoms with Gasteiger partial charge in [0.15, 0.2) is 0 Å². The van der Waals surface area contributed by atoms with Crippen molar-refractivity contribution in [3.63, 3.8) is 0 Å². The van der Waals surface area contributed by atoms with E-state index >= 15 is 0 Å². The highest BCUT2D eigenvalue weighted by atomic mass is 79.9. The molecule has 16 heavy (non-hydrogen) atoms. The Morgan fingerprint density at radius 3 is 2.69 bits per heavy atom. The van der Waals surface area contributed by atoms with Crippen molar-refractivity contribution in [3.8, 4) is 0 Å². The van der Waals surface area contributed by atoms with Crippen molar-refractivity contribution in [1.29, 1.82) is 0 Å². The average molecular weight is 324 g/mol. The molecule has 2 rings (SSSR count). The molecule has 0 bridgehead atoms. The molecule has 0 atom stereocenters. The zero-order valence-corrected chi connectivity index (χ0v) is 11.2. The second kappa shape index (κ2) is 4.15. The van der Waals surface area contributed by atoms with Crippen LogP contribution in [0.25, 0.3) is 0 Å². The first-order chi connectivity index (χ1) is 7.49. The summed E-state index contributed by atoms with van der Waals surface area (Å²) in [5.41, 5.74) is 0.388. The predicted octanol–water partition coefficient (Wildman–Crippen LogP) is 2.00. The van der Waals surface area contributed by atoms with Crippen LogP contribution in [-0.4, -0.2) is 18.7 Å². The van der Waals surface area contributed by atoms with Crippen molar-refractivity contribution in [3.05, 3.63) is 21.6 Å². The molecule has 2 aromatic rings. The van der Waals surface area contributed by atoms with Crippen molar-refractivity contribution in [2.45, 2.75) is 11.1 Å². The first-order valence-electron chi connectivity index (χ1n) is 4.06. The number of hydrogen-bond acceptors (Lipinski definition) is 6. The van der Waals surface area contributed by atoms with Crippen molar-refractivity contribution in [1.82, 2.24) is 10.3 Å². The molecule has 9 heteroatoms. The lowest BCUT2D eigenvalue weighted by molar-refractivity contribution is 0.306. The third-order valence-electron chi connectivity index (χ3n) is 1.70. The molecule has 0 aromatic carbocycles. The lowest BCUT2D eigenvalue weighted by atomic mass is 10.5. The number of nitrogens with one attached hydrogen (secondary N) is 1. The minimum atomic E-state index is -3.61. The van der Waals surface area contributed by atoms with Crippen molar-refractivity contribution in [2.24, 2.45) is 0 Å². The fourth-order valence-corrected chi connectivity index (χ4v) is 4.01. The van der Waals surface area contributed by atoms with Gasteiger partial charge in [-0.15, -0.1) is 11.3 Å². The second-order valence-corrected chi connectivity index (χ2v) is 7.23. The Hall–Kier alpha value is -0.930. The Balaban J connectivity index is 2.31. The molecule has 2 heterocycles. The summed E-state index contributed by atoms with van der Waals surface area (Å²) >= 11 is 4.31. The first kappa shape index (κ1) is 11.6. The summed E-state index contributed by atoms with van der Waals surface area (Å²) in [6, 6.07) is 3.16. The molecule has 6 nitrogen and oxygen atoms in total. The van der Waals surface area contributed by atoms with Crippen LogP contribution < -0.4 is 4.72 Å². The standard InChI is InChI=1S/C7H6BrN3O3S2/c1-4-7(10-14-9-4)11-16(12,13)6-3-2-5(8)15-6/h2-3H,1H3,(H,10,11). The van der Waals surface area contributed by atoms with E-state index in [2.05, 4.69) is 35.6 Å². The number of nitrogens with zero attached hydrogens (tertiary/aromatic N) is 2. The zero-order chi connectivity index (χ0) is 11.8. The number of aromatic nitrogens is 2. The van der Waals surface area contributed by atoms with Crippen LogP contribution in [0.3, 0.4) is 0 Å². The molecule has 2 aromatic heterocycles. The van der Waals surface area contributed by atoms with E-state index in [0.29, 0.717) is 5.69 Å². The lowest BCUT2D eigenvalue weighted by Gasteiger charge is -2.01. The molecule has 0 fully saturated rings. The molecular formula is C7H6BrN3O3S2. The summed E-state index contributed by atoms with van der Waals surface area (Å²) in [7, 11) is -3.61. The van der Waals surface area contributed by atoms with Crippen LogP contribution in [0.15, 0.2) is 24.8 Å². The van der Waals surface area contributed by atoms with Gasteiger partial charge in [0.25, 0.3) is 10.0 Å². The molecule has 0 saturated heterocycles. The van der Waals surface area contributed by atoms with Gasteiger partial charge in [-0.3, -0.25) is 4.72 Å². The van der Waals surface area contributed by atoms with Crippen molar-refractivity contribution < 1.29 is 13.0 Å². The van der Waals surface area contributed by atoms with Crippen LogP contribution in [0, 0.1) is 6.92 Å². The third-order valence-corrected chi connectivity index (χ3v) is 5.15. The van der Waals surface area contributed by atoms with E-state index in [1.807, 2.05) is 0 Å². The predicted molar refractivity (Wildman–Crippen MR) is 61.9 cm³/mol. The quantitative estimate of drug-likeness (QED) is 0.933. The Labute approximate surface area is 104 Å². The van der Waals surface area contributed by atoms with E-state index in [9.17, 15) is 8.42 Å². The van der Waals surface area contributed by atoms with Gasteiger partial charge in [0.1, 0.15) is 9.90 Å². The van der Waals surface area contributed by atoms with Gasteiger partial charge in [-0.1, -0.05) is 5.16 Å². The fraction of sp³-hybridized carbons (Fsp3) is 0.143. The van der Waals surface area contributed by atoms with Crippen molar-refractivity contribution >= 4 is 43.1 Å². The summed E-state index contributed by atoms with van der Waals surface area (Å²) in [5.74, 6) is 0.101. The number of thiophene rings is 1. The van der Waals surface area contributed by atoms with E-state index in [1.54, 1.807) is 13.0 Å². The maximum absolute atomic E-state index is 11.8. The van der Waals surface area contributed by atoms with Crippen LogP contribution in [0.2, 0.25) is 0 Å². The maximum Gasteiger partial charge on any atom is 0.272 e. The number of hydrogen-bond donors (Lipinski definition) is 1. The first-order valence-corrected chi connectivity index (χ1v) is 7.15. The largest absolute Gasteiger partial charge is 0.272 e. The van der Waals surface area contributed by atoms with Gasteiger partial charge in [0, 0.05) is 0 Å². The summed E-state index contributed by atoms with van der Waals surface area (Å²) in [6.45, 7) is 1.60. The molecule has 0 amide bonds. The number of halogens is 1. The molecule has 0 aliphatic rings. The van der Waals surface area contributed by atoms with Gasteiger partial charge >= 0.3 is 0 Å². The molecule has 1 N–H and O–H groups in total. The number of aryl methyl sites for hydroxylation is 1. The third kappa shape index (κ3) is 2.25. The van der Waals surface area contributed by atoms with Crippen LogP contribution in [0.4, 0.5) is 5.82 Å². The maximum atomic E-state index is 11.8. The van der Waals surface area contributed by atoms with Gasteiger partial charge in [-0.25, -0.2) is 13.0 Å². The molecule has 0 saturated carbocycles. The summed E-state index contributed by atoms with van der Waals surface area (Å²) in [4.78, 5) is 0. The molecule has 0 unspecified atom stereocenters. The minimum Gasteiger partial charge on any atom is -0.258 e. The van der Waals surface area contributed by atoms with E-state index in [4.69, 9.17) is 0 Å². The van der Waals surface area contributed by atoms with Gasteiger partial charge in [-0.05, 0) is 40.1 Å². The number of anilines is 1. The monoisotopic (exact) mass is 323 g/mol. The lowest BCUT2D eigenvalue weighted by Crippen LogP contribution is -2.12. The zero-order valence-electron chi connectivity index (χ0n) is 7.97. The van der Waals surface area contributed by atoms with Crippen LogP contribution in [0.5, 0.6) is 0 Å². The van der Waals surface area contributed by atoms with E-state index in [1.165, 1.54) is 6.07 Å². The van der Waals surface area contributed by atoms with Gasteiger partial charge < -0.3 is 0 Å². The molecular weight excluding hydrogens is 318 g/mol. The highest BCUT2D eigenvalue weighted by molar-refractivity contribution is 9.11. The van der Waals surface area contributed by atoms with Gasteiger partial charge in [0.05, 0.1) is 3.79 Å². The van der Waals surface area contributed by atoms with E-state index in [0.717, 1.165) is 15.1 Å². The smallest absolute Gasteiger partial charge is 0.258 e. The minimum absolute atomic E-state index is 0.101. The molecule has 0 radical (unpaired) electrons. The molecule has 86 valence electrons. The average Bonchev–Trinajstić information content (AvgIpc) is 2.77. The Bertz CT molecular complexity index is 604. The van der Waals surface area contributed by atoms with Crippen LogP contribution in [-0.2, 0) is 10.0 Å². The van der Waals surface area contributed by atoms with Crippen molar-refractivity contribution in [2.75, 3.05) is 4.72 Å². The molecule has 0 aliphatic carbocycles. The molecule has 0 spiro atoms.